The first-order valence-electron chi connectivity index (χ1n) is 7.86. The number of imidazole rings is 1. The lowest BCUT2D eigenvalue weighted by atomic mass is 10.1. The number of ether oxygens (including phenoxy) is 1. The number of rotatable bonds is 4. The van der Waals surface area contributed by atoms with Gasteiger partial charge in [0.2, 0.25) is 0 Å². The van der Waals surface area contributed by atoms with E-state index in [4.69, 9.17) is 4.74 Å². The molecule has 0 amide bonds. The van der Waals surface area contributed by atoms with Crippen LogP contribution in [0.1, 0.15) is 18.2 Å². The topological polar surface area (TPSA) is 61.9 Å². The molecule has 2 aromatic heterocycles. The van der Waals surface area contributed by atoms with Gasteiger partial charge in [-0.2, -0.15) is 5.10 Å². The quantitative estimate of drug-likeness (QED) is 0.737. The Labute approximate surface area is 133 Å². The van der Waals surface area contributed by atoms with Crippen molar-refractivity contribution in [2.24, 2.45) is 0 Å². The van der Waals surface area contributed by atoms with E-state index in [1.54, 1.807) is 6.20 Å². The molecule has 6 nitrogen and oxygen atoms in total. The van der Waals surface area contributed by atoms with Gasteiger partial charge < -0.3 is 9.30 Å². The van der Waals surface area contributed by atoms with Gasteiger partial charge in [0.15, 0.2) is 0 Å². The summed E-state index contributed by atoms with van der Waals surface area (Å²) in [5, 5.41) is 5.86. The summed E-state index contributed by atoms with van der Waals surface area (Å²) in [4.78, 5) is 16.9. The number of hydrogen-bond donors (Lipinski definition) is 0. The first kappa shape index (κ1) is 14.1. The summed E-state index contributed by atoms with van der Waals surface area (Å²) in [7, 11) is 0. The molecule has 1 aromatic carbocycles. The van der Waals surface area contributed by atoms with Crippen LogP contribution in [0, 0.1) is 0 Å². The Kier molecular flexibility index (Phi) is 3.67. The van der Waals surface area contributed by atoms with Crippen LogP contribution >= 0.6 is 0 Å². The Morgan fingerprint density at radius 2 is 2.17 bits per heavy atom. The molecule has 0 saturated carbocycles. The molecule has 0 radical (unpaired) electrons. The van der Waals surface area contributed by atoms with Crippen LogP contribution in [0.3, 0.4) is 0 Å². The maximum atomic E-state index is 12.5. The Bertz CT molecular complexity index is 877. The third-order valence-electron chi connectivity index (χ3n) is 4.36. The van der Waals surface area contributed by atoms with Crippen LogP contribution in [0.25, 0.3) is 10.8 Å². The molecule has 1 aliphatic heterocycles. The average molecular weight is 310 g/mol. The Morgan fingerprint density at radius 3 is 3.04 bits per heavy atom. The van der Waals surface area contributed by atoms with Crippen molar-refractivity contribution in [1.29, 1.82) is 0 Å². The van der Waals surface area contributed by atoms with Crippen molar-refractivity contribution in [3.05, 3.63) is 59.0 Å². The van der Waals surface area contributed by atoms with E-state index in [2.05, 4.69) is 14.6 Å². The highest BCUT2D eigenvalue weighted by atomic mass is 16.5. The van der Waals surface area contributed by atoms with Crippen molar-refractivity contribution >= 4 is 10.8 Å². The molecule has 6 heteroatoms. The number of fused-ring (bicyclic) bond motifs is 1. The van der Waals surface area contributed by atoms with E-state index in [1.807, 2.05) is 36.7 Å². The lowest BCUT2D eigenvalue weighted by Crippen LogP contribution is -2.25. The fraction of sp³-hybridized carbons (Fsp3) is 0.353. The van der Waals surface area contributed by atoms with Crippen LogP contribution in [0.2, 0.25) is 0 Å². The molecule has 118 valence electrons. The van der Waals surface area contributed by atoms with Crippen LogP contribution < -0.4 is 5.56 Å². The highest BCUT2D eigenvalue weighted by Crippen LogP contribution is 2.23. The number of aryl methyl sites for hydroxylation is 2. The second-order valence-electron chi connectivity index (χ2n) is 5.80. The molecule has 1 fully saturated rings. The molecule has 1 atom stereocenters. The van der Waals surface area contributed by atoms with Gasteiger partial charge in [-0.1, -0.05) is 18.2 Å². The summed E-state index contributed by atoms with van der Waals surface area (Å²) in [6, 6.07) is 7.54. The standard InChI is InChI=1S/C17H18N4O2/c22-17-15-4-2-1-3-13(15)11-19-21(17)9-8-20-7-6-18-16(20)14-5-10-23-12-14/h1-4,6-7,11,14H,5,8-10,12H2. The van der Waals surface area contributed by atoms with E-state index < -0.39 is 0 Å². The lowest BCUT2D eigenvalue weighted by Gasteiger charge is -2.12. The summed E-state index contributed by atoms with van der Waals surface area (Å²) >= 11 is 0. The van der Waals surface area contributed by atoms with Gasteiger partial charge in [0.1, 0.15) is 5.82 Å². The number of benzene rings is 1. The van der Waals surface area contributed by atoms with Crippen molar-refractivity contribution in [3.8, 4) is 0 Å². The normalized spacial score (nSPS) is 17.8. The van der Waals surface area contributed by atoms with Gasteiger partial charge in [-0.05, 0) is 12.5 Å². The summed E-state index contributed by atoms with van der Waals surface area (Å²) in [6.07, 6.45) is 6.52. The van der Waals surface area contributed by atoms with E-state index in [0.29, 0.717) is 24.4 Å². The molecular weight excluding hydrogens is 292 g/mol. The molecule has 0 N–H and O–H groups in total. The fourth-order valence-electron chi connectivity index (χ4n) is 3.10. The first-order valence-corrected chi connectivity index (χ1v) is 7.86. The van der Waals surface area contributed by atoms with Gasteiger partial charge >= 0.3 is 0 Å². The molecular formula is C17H18N4O2. The number of hydrogen-bond acceptors (Lipinski definition) is 4. The van der Waals surface area contributed by atoms with Gasteiger partial charge in [-0.25, -0.2) is 9.67 Å². The molecule has 4 rings (SSSR count). The zero-order valence-corrected chi connectivity index (χ0v) is 12.8. The molecule has 1 unspecified atom stereocenters. The molecule has 0 bridgehead atoms. The lowest BCUT2D eigenvalue weighted by molar-refractivity contribution is 0.192. The predicted molar refractivity (Wildman–Crippen MR) is 86.4 cm³/mol. The third-order valence-corrected chi connectivity index (χ3v) is 4.36. The summed E-state index contributed by atoms with van der Waals surface area (Å²) < 4.78 is 9.07. The van der Waals surface area contributed by atoms with Crippen LogP contribution in [0.15, 0.2) is 47.7 Å². The predicted octanol–water partition coefficient (Wildman–Crippen LogP) is 1.80. The van der Waals surface area contributed by atoms with Crippen LogP contribution in [-0.2, 0) is 17.8 Å². The van der Waals surface area contributed by atoms with E-state index in [-0.39, 0.29) is 5.56 Å². The first-order chi connectivity index (χ1) is 11.3. The molecule has 1 aliphatic rings. The second-order valence-corrected chi connectivity index (χ2v) is 5.80. The van der Waals surface area contributed by atoms with Gasteiger partial charge in [-0.3, -0.25) is 4.79 Å². The smallest absolute Gasteiger partial charge is 0.274 e. The summed E-state index contributed by atoms with van der Waals surface area (Å²) in [5.74, 6) is 1.39. The largest absolute Gasteiger partial charge is 0.381 e. The molecule has 3 aromatic rings. The molecule has 0 spiro atoms. The van der Waals surface area contributed by atoms with Gasteiger partial charge in [0.25, 0.3) is 5.56 Å². The number of aromatic nitrogens is 4. The van der Waals surface area contributed by atoms with Gasteiger partial charge in [0.05, 0.1) is 24.7 Å². The van der Waals surface area contributed by atoms with E-state index in [9.17, 15) is 4.79 Å². The molecule has 0 aliphatic carbocycles. The van der Waals surface area contributed by atoms with Gasteiger partial charge in [-0.15, -0.1) is 0 Å². The minimum atomic E-state index is -0.0473. The van der Waals surface area contributed by atoms with Crippen molar-refractivity contribution in [1.82, 2.24) is 19.3 Å². The monoisotopic (exact) mass is 310 g/mol. The minimum Gasteiger partial charge on any atom is -0.381 e. The second kappa shape index (κ2) is 5.96. The van der Waals surface area contributed by atoms with Crippen molar-refractivity contribution in [3.63, 3.8) is 0 Å². The average Bonchev–Trinajstić information content (AvgIpc) is 3.25. The number of nitrogens with zero attached hydrogens (tertiary/aromatic N) is 4. The van der Waals surface area contributed by atoms with E-state index in [1.165, 1.54) is 4.68 Å². The Morgan fingerprint density at radius 1 is 1.26 bits per heavy atom. The molecule has 3 heterocycles. The fourth-order valence-corrected chi connectivity index (χ4v) is 3.10. The Balaban J connectivity index is 1.57. The summed E-state index contributed by atoms with van der Waals surface area (Å²) in [6.45, 7) is 2.73. The van der Waals surface area contributed by atoms with Crippen LogP contribution in [0.4, 0.5) is 0 Å². The maximum absolute atomic E-state index is 12.5. The molecule has 1 saturated heterocycles. The van der Waals surface area contributed by atoms with Crippen molar-refractivity contribution in [2.75, 3.05) is 13.2 Å². The highest BCUT2D eigenvalue weighted by molar-refractivity contribution is 5.80. The minimum absolute atomic E-state index is 0.0473. The zero-order chi connectivity index (χ0) is 15.6. The van der Waals surface area contributed by atoms with Crippen molar-refractivity contribution < 1.29 is 4.74 Å². The van der Waals surface area contributed by atoms with E-state index in [0.717, 1.165) is 30.8 Å². The SMILES string of the molecule is O=c1c2ccccc2cnn1CCn1ccnc1C1CCOC1. The highest BCUT2D eigenvalue weighted by Gasteiger charge is 2.22. The summed E-state index contributed by atoms with van der Waals surface area (Å²) in [5.41, 5.74) is -0.0473. The van der Waals surface area contributed by atoms with Crippen molar-refractivity contribution in [2.45, 2.75) is 25.4 Å². The third kappa shape index (κ3) is 2.66. The van der Waals surface area contributed by atoms with Gasteiger partial charge in [0, 0.05) is 36.8 Å². The maximum Gasteiger partial charge on any atom is 0.274 e. The van der Waals surface area contributed by atoms with Crippen LogP contribution in [0.5, 0.6) is 0 Å². The zero-order valence-electron chi connectivity index (χ0n) is 12.8. The molecule has 23 heavy (non-hydrogen) atoms. The Hall–Kier alpha value is -2.47. The van der Waals surface area contributed by atoms with E-state index >= 15 is 0 Å². The van der Waals surface area contributed by atoms with Crippen LogP contribution in [-0.4, -0.2) is 32.5 Å².